The molecule has 25 heavy (non-hydrogen) atoms. The Morgan fingerprint density at radius 1 is 1.40 bits per heavy atom. The van der Waals surface area contributed by atoms with E-state index in [1.54, 1.807) is 15.5 Å². The highest BCUT2D eigenvalue weighted by Gasteiger charge is 2.20. The first-order chi connectivity index (χ1) is 12.1. The number of nitrogens with zero attached hydrogens (tertiary/aromatic N) is 4. The van der Waals surface area contributed by atoms with Crippen molar-refractivity contribution in [1.29, 1.82) is 0 Å². The van der Waals surface area contributed by atoms with E-state index in [4.69, 9.17) is 11.6 Å². The van der Waals surface area contributed by atoms with Gasteiger partial charge < -0.3 is 4.90 Å². The minimum atomic E-state index is -0.192. The highest BCUT2D eigenvalue weighted by atomic mass is 35.5. The summed E-state index contributed by atoms with van der Waals surface area (Å²) in [6, 6.07) is 3.72. The molecule has 2 aromatic rings. The van der Waals surface area contributed by atoms with E-state index in [0.717, 1.165) is 36.4 Å². The lowest BCUT2D eigenvalue weighted by molar-refractivity contribution is -0.132. The fourth-order valence-corrected chi connectivity index (χ4v) is 4.09. The summed E-state index contributed by atoms with van der Waals surface area (Å²) in [6.07, 6.45) is 5.59. The average Bonchev–Trinajstić information content (AvgIpc) is 3.01. The zero-order chi connectivity index (χ0) is 17.8. The summed E-state index contributed by atoms with van der Waals surface area (Å²) in [7, 11) is 0. The van der Waals surface area contributed by atoms with Gasteiger partial charge in [-0.25, -0.2) is 9.48 Å². The Balaban J connectivity index is 1.75. The van der Waals surface area contributed by atoms with Crippen molar-refractivity contribution in [3.05, 3.63) is 50.3 Å². The van der Waals surface area contributed by atoms with Gasteiger partial charge in [-0.3, -0.25) is 9.36 Å². The number of hydrogen-bond donors (Lipinski definition) is 0. The van der Waals surface area contributed by atoms with Crippen LogP contribution in [0.3, 0.4) is 0 Å². The Morgan fingerprint density at radius 2 is 2.24 bits per heavy atom. The van der Waals surface area contributed by atoms with Crippen molar-refractivity contribution in [3.8, 4) is 0 Å². The van der Waals surface area contributed by atoms with E-state index in [0.29, 0.717) is 24.0 Å². The van der Waals surface area contributed by atoms with Gasteiger partial charge in [0.25, 0.3) is 0 Å². The molecule has 0 bridgehead atoms. The Kier molecular flexibility index (Phi) is 5.75. The van der Waals surface area contributed by atoms with Crippen LogP contribution in [0.25, 0.3) is 0 Å². The van der Waals surface area contributed by atoms with Crippen molar-refractivity contribution < 1.29 is 4.79 Å². The number of carbonyl (C=O) groups is 1. The summed E-state index contributed by atoms with van der Waals surface area (Å²) < 4.78 is 3.69. The Morgan fingerprint density at radius 3 is 2.96 bits per heavy atom. The second-order valence-electron chi connectivity index (χ2n) is 6.09. The van der Waals surface area contributed by atoms with E-state index in [2.05, 4.69) is 11.7 Å². The van der Waals surface area contributed by atoms with Gasteiger partial charge in [-0.05, 0) is 25.0 Å². The standard InChI is InChI=1S/C17H21ClN4O2S/c1-2-9-20(11-13-7-8-14(18)25-13)16(23)12-22-17(24)21-10-5-3-4-6-15(21)19-22/h2,7-8H,1,3-6,9-12H2. The molecule has 134 valence electrons. The van der Waals surface area contributed by atoms with Crippen LogP contribution in [0.5, 0.6) is 0 Å². The van der Waals surface area contributed by atoms with E-state index in [1.165, 1.54) is 16.0 Å². The number of thiophene rings is 1. The highest BCUT2D eigenvalue weighted by Crippen LogP contribution is 2.22. The largest absolute Gasteiger partial charge is 0.346 e. The number of fused-ring (bicyclic) bond motifs is 1. The van der Waals surface area contributed by atoms with Gasteiger partial charge in [0.05, 0.1) is 10.9 Å². The average molecular weight is 381 g/mol. The molecule has 0 radical (unpaired) electrons. The fraction of sp³-hybridized carbons (Fsp3) is 0.471. The molecule has 2 aromatic heterocycles. The molecule has 0 saturated carbocycles. The number of aryl methyl sites for hydroxylation is 1. The number of halogens is 1. The normalized spacial score (nSPS) is 14.0. The monoisotopic (exact) mass is 380 g/mol. The van der Waals surface area contributed by atoms with Gasteiger partial charge in [0, 0.05) is 24.4 Å². The topological polar surface area (TPSA) is 60.1 Å². The number of aromatic nitrogens is 3. The SMILES string of the molecule is C=CCN(Cc1ccc(Cl)s1)C(=O)Cn1nc2n(c1=O)CCCCC2. The molecule has 0 spiro atoms. The van der Waals surface area contributed by atoms with E-state index >= 15 is 0 Å². The number of rotatable bonds is 6. The van der Waals surface area contributed by atoms with E-state index in [-0.39, 0.29) is 18.1 Å². The summed E-state index contributed by atoms with van der Waals surface area (Å²) in [5.41, 5.74) is -0.192. The number of amides is 1. The van der Waals surface area contributed by atoms with Crippen molar-refractivity contribution in [2.75, 3.05) is 6.54 Å². The predicted molar refractivity (Wildman–Crippen MR) is 99.0 cm³/mol. The second-order valence-corrected chi connectivity index (χ2v) is 7.89. The van der Waals surface area contributed by atoms with Crippen LogP contribution in [-0.2, 0) is 30.8 Å². The summed E-state index contributed by atoms with van der Waals surface area (Å²) in [5.74, 6) is 0.635. The first-order valence-electron chi connectivity index (χ1n) is 8.38. The van der Waals surface area contributed by atoms with Crippen molar-refractivity contribution in [2.24, 2.45) is 0 Å². The van der Waals surface area contributed by atoms with Crippen molar-refractivity contribution >= 4 is 28.8 Å². The Labute approximate surface area is 155 Å². The molecule has 0 aliphatic carbocycles. The van der Waals surface area contributed by atoms with Gasteiger partial charge in [-0.2, -0.15) is 5.10 Å². The molecule has 3 rings (SSSR count). The van der Waals surface area contributed by atoms with Gasteiger partial charge in [0.1, 0.15) is 12.4 Å². The van der Waals surface area contributed by atoms with Gasteiger partial charge in [-0.15, -0.1) is 17.9 Å². The first kappa shape index (κ1) is 17.9. The van der Waals surface area contributed by atoms with Crippen LogP contribution in [-0.4, -0.2) is 31.7 Å². The summed E-state index contributed by atoms with van der Waals surface area (Å²) in [5, 5.41) is 4.38. The molecule has 0 unspecified atom stereocenters. The van der Waals surface area contributed by atoms with Crippen molar-refractivity contribution in [2.45, 2.75) is 45.3 Å². The zero-order valence-corrected chi connectivity index (χ0v) is 15.6. The lowest BCUT2D eigenvalue weighted by atomic mass is 10.2. The lowest BCUT2D eigenvalue weighted by Crippen LogP contribution is -2.37. The van der Waals surface area contributed by atoms with Gasteiger partial charge in [0.2, 0.25) is 5.91 Å². The molecule has 3 heterocycles. The maximum atomic E-state index is 12.7. The van der Waals surface area contributed by atoms with Crippen LogP contribution in [0.1, 0.15) is 30.0 Å². The van der Waals surface area contributed by atoms with E-state index in [9.17, 15) is 9.59 Å². The molecule has 0 N–H and O–H groups in total. The Hall–Kier alpha value is -1.86. The molecular formula is C17H21ClN4O2S. The third-order valence-corrected chi connectivity index (χ3v) is 5.46. The van der Waals surface area contributed by atoms with Crippen molar-refractivity contribution in [3.63, 3.8) is 0 Å². The predicted octanol–water partition coefficient (Wildman–Crippen LogP) is 2.70. The molecule has 0 aromatic carbocycles. The van der Waals surface area contributed by atoms with Crippen LogP contribution < -0.4 is 5.69 Å². The first-order valence-corrected chi connectivity index (χ1v) is 9.57. The molecule has 0 fully saturated rings. The van der Waals surface area contributed by atoms with E-state index < -0.39 is 0 Å². The minimum Gasteiger partial charge on any atom is -0.332 e. The number of hydrogen-bond acceptors (Lipinski definition) is 4. The molecule has 1 amide bonds. The summed E-state index contributed by atoms with van der Waals surface area (Å²) in [6.45, 7) is 5.21. The second kappa shape index (κ2) is 8.01. The quantitative estimate of drug-likeness (QED) is 0.724. The molecule has 1 aliphatic rings. The lowest BCUT2D eigenvalue weighted by Gasteiger charge is -2.20. The molecule has 8 heteroatoms. The minimum absolute atomic E-state index is 0.0498. The Bertz CT molecular complexity index is 823. The summed E-state index contributed by atoms with van der Waals surface area (Å²) in [4.78, 5) is 27.8. The zero-order valence-electron chi connectivity index (χ0n) is 14.0. The van der Waals surface area contributed by atoms with Crippen LogP contribution in [0.4, 0.5) is 0 Å². The van der Waals surface area contributed by atoms with Crippen molar-refractivity contribution in [1.82, 2.24) is 19.2 Å². The molecule has 6 nitrogen and oxygen atoms in total. The maximum Gasteiger partial charge on any atom is 0.346 e. The van der Waals surface area contributed by atoms with Gasteiger partial charge >= 0.3 is 5.69 Å². The van der Waals surface area contributed by atoms with Gasteiger partial charge in [-0.1, -0.05) is 24.1 Å². The van der Waals surface area contributed by atoms with Crippen LogP contribution in [0.2, 0.25) is 4.34 Å². The van der Waals surface area contributed by atoms with Crippen LogP contribution in [0.15, 0.2) is 29.6 Å². The molecular weight excluding hydrogens is 360 g/mol. The van der Waals surface area contributed by atoms with E-state index in [1.807, 2.05) is 12.1 Å². The number of carbonyl (C=O) groups excluding carboxylic acids is 1. The van der Waals surface area contributed by atoms with Crippen LogP contribution >= 0.6 is 22.9 Å². The molecule has 1 aliphatic heterocycles. The molecule has 0 saturated heterocycles. The highest BCUT2D eigenvalue weighted by molar-refractivity contribution is 7.16. The maximum absolute atomic E-state index is 12.7. The third-order valence-electron chi connectivity index (χ3n) is 4.24. The molecule has 0 atom stereocenters. The third kappa shape index (κ3) is 4.22. The smallest absolute Gasteiger partial charge is 0.332 e. The van der Waals surface area contributed by atoms with Crippen LogP contribution in [0, 0.1) is 0 Å². The fourth-order valence-electron chi connectivity index (χ4n) is 2.99. The summed E-state index contributed by atoms with van der Waals surface area (Å²) >= 11 is 7.40. The van der Waals surface area contributed by atoms with Gasteiger partial charge in [0.15, 0.2) is 0 Å².